The van der Waals surface area contributed by atoms with Gasteiger partial charge < -0.3 is 4.90 Å². The number of aromatic nitrogens is 1. The summed E-state index contributed by atoms with van der Waals surface area (Å²) in [6.07, 6.45) is 3.30. The lowest BCUT2D eigenvalue weighted by Gasteiger charge is -2.16. The molecular formula is C13H9ClN2O. The highest BCUT2D eigenvalue weighted by atomic mass is 35.5. The van der Waals surface area contributed by atoms with E-state index in [-0.39, 0.29) is 5.91 Å². The van der Waals surface area contributed by atoms with Gasteiger partial charge in [-0.2, -0.15) is 0 Å². The summed E-state index contributed by atoms with van der Waals surface area (Å²) >= 11 is 6.10. The molecule has 1 aliphatic rings. The summed E-state index contributed by atoms with van der Waals surface area (Å²) < 4.78 is 0. The highest BCUT2D eigenvalue weighted by molar-refractivity contribution is 6.34. The van der Waals surface area contributed by atoms with Crippen molar-refractivity contribution in [2.75, 3.05) is 4.90 Å². The first kappa shape index (κ1) is 10.3. The summed E-state index contributed by atoms with van der Waals surface area (Å²) in [5.41, 5.74) is 2.40. The fourth-order valence-electron chi connectivity index (χ4n) is 2.01. The SMILES string of the molecule is O=C1c2cnccc2CN1c1ccccc1Cl. The molecule has 2 aromatic rings. The Morgan fingerprint density at radius 2 is 2.06 bits per heavy atom. The number of fused-ring (bicyclic) bond motifs is 1. The van der Waals surface area contributed by atoms with E-state index in [1.54, 1.807) is 23.4 Å². The summed E-state index contributed by atoms with van der Waals surface area (Å²) in [6, 6.07) is 9.21. The van der Waals surface area contributed by atoms with Crippen molar-refractivity contribution in [3.05, 3.63) is 58.9 Å². The van der Waals surface area contributed by atoms with Crippen LogP contribution in [0, 0.1) is 0 Å². The van der Waals surface area contributed by atoms with Gasteiger partial charge >= 0.3 is 0 Å². The van der Waals surface area contributed by atoms with Gasteiger partial charge in [0.25, 0.3) is 5.91 Å². The molecule has 0 saturated carbocycles. The summed E-state index contributed by atoms with van der Waals surface area (Å²) in [4.78, 5) is 17.8. The molecule has 3 rings (SSSR count). The molecule has 17 heavy (non-hydrogen) atoms. The Morgan fingerprint density at radius 3 is 2.82 bits per heavy atom. The minimum atomic E-state index is -0.0406. The number of pyridine rings is 1. The second kappa shape index (κ2) is 3.86. The van der Waals surface area contributed by atoms with Crippen LogP contribution in [0.1, 0.15) is 15.9 Å². The molecule has 3 nitrogen and oxygen atoms in total. The molecule has 2 heterocycles. The number of carbonyl (C=O) groups excluding carboxylic acids is 1. The van der Waals surface area contributed by atoms with Gasteiger partial charge in [-0.05, 0) is 23.8 Å². The maximum atomic E-state index is 12.2. The van der Waals surface area contributed by atoms with Gasteiger partial charge in [0.2, 0.25) is 0 Å². The predicted molar refractivity (Wildman–Crippen MR) is 66.2 cm³/mol. The van der Waals surface area contributed by atoms with Crippen LogP contribution in [0.25, 0.3) is 0 Å². The summed E-state index contributed by atoms with van der Waals surface area (Å²) in [5, 5.41) is 0.585. The zero-order valence-corrected chi connectivity index (χ0v) is 9.69. The van der Waals surface area contributed by atoms with Gasteiger partial charge in [0.05, 0.1) is 22.8 Å². The quantitative estimate of drug-likeness (QED) is 0.773. The van der Waals surface area contributed by atoms with Gasteiger partial charge in [-0.3, -0.25) is 9.78 Å². The van der Waals surface area contributed by atoms with E-state index in [2.05, 4.69) is 4.98 Å². The van der Waals surface area contributed by atoms with Crippen LogP contribution in [0.15, 0.2) is 42.7 Å². The number of benzene rings is 1. The summed E-state index contributed by atoms with van der Waals surface area (Å²) in [5.74, 6) is -0.0406. The van der Waals surface area contributed by atoms with E-state index in [0.717, 1.165) is 11.3 Å². The van der Waals surface area contributed by atoms with Crippen molar-refractivity contribution in [2.45, 2.75) is 6.54 Å². The maximum absolute atomic E-state index is 12.2. The van der Waals surface area contributed by atoms with Crippen LogP contribution in [-0.4, -0.2) is 10.9 Å². The fourth-order valence-corrected chi connectivity index (χ4v) is 2.24. The first-order chi connectivity index (χ1) is 8.27. The number of halogens is 1. The first-order valence-corrected chi connectivity index (χ1v) is 5.64. The Balaban J connectivity index is 2.05. The Morgan fingerprint density at radius 1 is 1.24 bits per heavy atom. The average Bonchev–Trinajstić information content (AvgIpc) is 2.68. The standard InChI is InChI=1S/C13H9ClN2O/c14-11-3-1-2-4-12(11)16-8-9-5-6-15-7-10(9)13(16)17/h1-7H,8H2. The number of hydrogen-bond acceptors (Lipinski definition) is 2. The minimum absolute atomic E-state index is 0.0406. The highest BCUT2D eigenvalue weighted by Crippen LogP contribution is 2.32. The molecule has 1 aromatic carbocycles. The Bertz CT molecular complexity index is 597. The minimum Gasteiger partial charge on any atom is -0.302 e. The Labute approximate surface area is 104 Å². The summed E-state index contributed by atoms with van der Waals surface area (Å²) in [7, 11) is 0. The van der Waals surface area contributed by atoms with E-state index in [1.807, 2.05) is 24.3 Å². The third kappa shape index (κ3) is 1.59. The molecule has 0 bridgehead atoms. The second-order valence-electron chi connectivity index (χ2n) is 3.88. The molecule has 1 amide bonds. The molecule has 0 atom stereocenters. The topological polar surface area (TPSA) is 33.2 Å². The lowest BCUT2D eigenvalue weighted by atomic mass is 10.2. The van der Waals surface area contributed by atoms with Gasteiger partial charge in [-0.25, -0.2) is 0 Å². The molecule has 1 aliphatic heterocycles. The van der Waals surface area contributed by atoms with E-state index in [1.165, 1.54) is 0 Å². The fraction of sp³-hybridized carbons (Fsp3) is 0.0769. The van der Waals surface area contributed by atoms with E-state index < -0.39 is 0 Å². The van der Waals surface area contributed by atoms with Crippen LogP contribution in [0.4, 0.5) is 5.69 Å². The molecule has 0 unspecified atom stereocenters. The maximum Gasteiger partial charge on any atom is 0.260 e. The van der Waals surface area contributed by atoms with Crippen LogP contribution in [0.2, 0.25) is 5.02 Å². The van der Waals surface area contributed by atoms with Crippen molar-refractivity contribution in [1.29, 1.82) is 0 Å². The molecule has 0 N–H and O–H groups in total. The van der Waals surface area contributed by atoms with Crippen LogP contribution >= 0.6 is 11.6 Å². The Hall–Kier alpha value is -1.87. The highest BCUT2D eigenvalue weighted by Gasteiger charge is 2.29. The zero-order valence-electron chi connectivity index (χ0n) is 8.93. The smallest absolute Gasteiger partial charge is 0.260 e. The molecule has 4 heteroatoms. The third-order valence-corrected chi connectivity index (χ3v) is 3.18. The molecule has 0 saturated heterocycles. The van der Waals surface area contributed by atoms with Crippen molar-refractivity contribution in [2.24, 2.45) is 0 Å². The van der Waals surface area contributed by atoms with E-state index in [4.69, 9.17) is 11.6 Å². The monoisotopic (exact) mass is 244 g/mol. The number of rotatable bonds is 1. The number of hydrogen-bond donors (Lipinski definition) is 0. The van der Waals surface area contributed by atoms with E-state index in [0.29, 0.717) is 17.1 Å². The molecule has 84 valence electrons. The molecule has 0 aliphatic carbocycles. The number of anilines is 1. The van der Waals surface area contributed by atoms with Crippen LogP contribution in [-0.2, 0) is 6.54 Å². The average molecular weight is 245 g/mol. The zero-order chi connectivity index (χ0) is 11.8. The van der Waals surface area contributed by atoms with Crippen molar-refractivity contribution >= 4 is 23.2 Å². The summed E-state index contributed by atoms with van der Waals surface area (Å²) in [6.45, 7) is 0.556. The molecule has 1 aromatic heterocycles. The van der Waals surface area contributed by atoms with Crippen molar-refractivity contribution in [3.8, 4) is 0 Å². The van der Waals surface area contributed by atoms with Crippen molar-refractivity contribution < 1.29 is 4.79 Å². The first-order valence-electron chi connectivity index (χ1n) is 5.26. The van der Waals surface area contributed by atoms with Gasteiger partial charge in [0, 0.05) is 12.4 Å². The normalized spacial score (nSPS) is 13.9. The van der Waals surface area contributed by atoms with Crippen LogP contribution in [0.3, 0.4) is 0 Å². The lowest BCUT2D eigenvalue weighted by Crippen LogP contribution is -2.23. The molecule has 0 fully saturated rings. The van der Waals surface area contributed by atoms with Gasteiger partial charge in [-0.1, -0.05) is 23.7 Å². The van der Waals surface area contributed by atoms with Crippen molar-refractivity contribution in [3.63, 3.8) is 0 Å². The lowest BCUT2D eigenvalue weighted by molar-refractivity contribution is 0.0996. The predicted octanol–water partition coefficient (Wildman–Crippen LogP) is 2.90. The molecule has 0 spiro atoms. The van der Waals surface area contributed by atoms with Gasteiger partial charge in [0.1, 0.15) is 0 Å². The second-order valence-corrected chi connectivity index (χ2v) is 4.28. The molecular weight excluding hydrogens is 236 g/mol. The van der Waals surface area contributed by atoms with Crippen LogP contribution in [0.5, 0.6) is 0 Å². The van der Waals surface area contributed by atoms with Crippen molar-refractivity contribution in [1.82, 2.24) is 4.98 Å². The number of amides is 1. The van der Waals surface area contributed by atoms with Crippen LogP contribution < -0.4 is 4.90 Å². The largest absolute Gasteiger partial charge is 0.302 e. The van der Waals surface area contributed by atoms with E-state index >= 15 is 0 Å². The number of para-hydroxylation sites is 1. The third-order valence-electron chi connectivity index (χ3n) is 2.86. The number of nitrogens with zero attached hydrogens (tertiary/aromatic N) is 2. The van der Waals surface area contributed by atoms with Gasteiger partial charge in [-0.15, -0.1) is 0 Å². The molecule has 0 radical (unpaired) electrons. The Kier molecular flexibility index (Phi) is 2.34. The van der Waals surface area contributed by atoms with E-state index in [9.17, 15) is 4.79 Å². The number of carbonyl (C=O) groups is 1. The van der Waals surface area contributed by atoms with Gasteiger partial charge in [0.15, 0.2) is 0 Å².